The van der Waals surface area contributed by atoms with E-state index in [1.165, 1.54) is 6.26 Å². The smallest absolute Gasteiger partial charge is 0.340 e. The van der Waals surface area contributed by atoms with Gasteiger partial charge in [-0.1, -0.05) is 13.8 Å². The second kappa shape index (κ2) is 10.7. The summed E-state index contributed by atoms with van der Waals surface area (Å²) in [7, 11) is -3.18. The first kappa shape index (κ1) is 28.7. The number of nitrogens with two attached hydrogens (primary N) is 1. The predicted molar refractivity (Wildman–Crippen MR) is 151 cm³/mol. The van der Waals surface area contributed by atoms with Crippen LogP contribution in [0.25, 0.3) is 10.8 Å². The lowest BCUT2D eigenvalue weighted by Gasteiger charge is -2.27. The summed E-state index contributed by atoms with van der Waals surface area (Å²) >= 11 is 0. The number of ether oxygens (including phenoxy) is 2. The Hall–Kier alpha value is -3.31. The van der Waals surface area contributed by atoms with Crippen LogP contribution >= 0.6 is 0 Å². The van der Waals surface area contributed by atoms with Crippen LogP contribution < -0.4 is 15.8 Å². The zero-order valence-electron chi connectivity index (χ0n) is 23.5. The van der Waals surface area contributed by atoms with E-state index in [1.54, 1.807) is 31.5 Å². The maximum absolute atomic E-state index is 12.3. The fourth-order valence-corrected chi connectivity index (χ4v) is 5.17. The summed E-state index contributed by atoms with van der Waals surface area (Å²) in [5, 5.41) is 4.20. The summed E-state index contributed by atoms with van der Waals surface area (Å²) in [6.45, 7) is 11.3. The van der Waals surface area contributed by atoms with Crippen LogP contribution in [0, 0.1) is 0 Å². The summed E-state index contributed by atoms with van der Waals surface area (Å²) < 4.78 is 35.3. The summed E-state index contributed by atoms with van der Waals surface area (Å²) in [6.07, 6.45) is 4.96. The average molecular weight is 556 g/mol. The monoisotopic (exact) mass is 555 g/mol. The van der Waals surface area contributed by atoms with E-state index in [9.17, 15) is 13.2 Å². The van der Waals surface area contributed by atoms with Crippen molar-refractivity contribution >= 4 is 38.2 Å². The first-order chi connectivity index (χ1) is 18.2. The van der Waals surface area contributed by atoms with Crippen molar-refractivity contribution in [2.24, 2.45) is 5.73 Å². The van der Waals surface area contributed by atoms with Crippen LogP contribution in [-0.2, 0) is 20.1 Å². The minimum Gasteiger partial charge on any atom is -0.474 e. The molecule has 4 heterocycles. The van der Waals surface area contributed by atoms with Gasteiger partial charge in [0.2, 0.25) is 5.88 Å². The van der Waals surface area contributed by atoms with Gasteiger partial charge in [0.25, 0.3) is 0 Å². The van der Waals surface area contributed by atoms with Gasteiger partial charge in [-0.25, -0.2) is 28.2 Å². The molecule has 3 aromatic rings. The second-order valence-corrected chi connectivity index (χ2v) is 13.3. The minimum atomic E-state index is -3.18. The molecule has 3 aromatic heterocycles. The summed E-state index contributed by atoms with van der Waals surface area (Å²) in [6, 6.07) is 5.32. The van der Waals surface area contributed by atoms with Crippen LogP contribution in [0.1, 0.15) is 81.9 Å². The summed E-state index contributed by atoms with van der Waals surface area (Å²) in [5.74, 6) is 1.04. The van der Waals surface area contributed by atoms with E-state index >= 15 is 0 Å². The fourth-order valence-electron chi connectivity index (χ4n) is 4.55. The molecule has 1 aliphatic rings. The third-order valence-electron chi connectivity index (χ3n) is 7.62. The second-order valence-electron chi connectivity index (χ2n) is 10.8. The van der Waals surface area contributed by atoms with Crippen molar-refractivity contribution in [3.8, 4) is 5.88 Å². The van der Waals surface area contributed by atoms with Gasteiger partial charge in [-0.3, -0.25) is 0 Å². The summed E-state index contributed by atoms with van der Waals surface area (Å²) in [4.78, 5) is 26.1. The van der Waals surface area contributed by atoms with E-state index in [-0.39, 0.29) is 24.1 Å². The molecule has 0 spiro atoms. The number of hydrogen-bond donors (Lipinski definition) is 2. The Bertz CT molecular complexity index is 1510. The van der Waals surface area contributed by atoms with Gasteiger partial charge >= 0.3 is 5.97 Å². The van der Waals surface area contributed by atoms with E-state index in [1.807, 2.05) is 40.7 Å². The Kier molecular flexibility index (Phi) is 7.86. The van der Waals surface area contributed by atoms with Crippen LogP contribution in [0.3, 0.4) is 0 Å². The number of carbonyl (C=O) groups is 1. The molecule has 0 amide bonds. The molecule has 0 unspecified atom stereocenters. The largest absolute Gasteiger partial charge is 0.474 e. The highest BCUT2D eigenvalue weighted by atomic mass is 32.2. The SMILES string of the molecule is CC[C@@](C)(N)c1cnc(O[C@H](C)C[C@@H](C)S(C)(=O)=O)c2cnc(Nc3ccc4c(n3)[C@H](C)[C@H](C)OC4=O)cc12. The number of fused-ring (bicyclic) bond motifs is 2. The Balaban J connectivity index is 1.71. The molecule has 3 N–H and O–H groups in total. The van der Waals surface area contributed by atoms with Crippen molar-refractivity contribution in [1.82, 2.24) is 15.0 Å². The molecule has 0 radical (unpaired) electrons. The molecule has 0 aliphatic carbocycles. The van der Waals surface area contributed by atoms with Crippen molar-refractivity contribution in [3.63, 3.8) is 0 Å². The van der Waals surface area contributed by atoms with Crippen molar-refractivity contribution in [2.45, 2.75) is 83.3 Å². The molecule has 1 aliphatic heterocycles. The average Bonchev–Trinajstić information content (AvgIpc) is 2.86. The number of aromatic nitrogens is 3. The van der Waals surface area contributed by atoms with Gasteiger partial charge in [-0.15, -0.1) is 0 Å². The van der Waals surface area contributed by atoms with E-state index < -0.39 is 20.6 Å². The van der Waals surface area contributed by atoms with Crippen LogP contribution in [0.4, 0.5) is 11.6 Å². The Morgan fingerprint density at radius 3 is 2.54 bits per heavy atom. The van der Waals surface area contributed by atoms with Gasteiger partial charge in [0.1, 0.15) is 27.6 Å². The lowest BCUT2D eigenvalue weighted by molar-refractivity contribution is 0.0235. The lowest BCUT2D eigenvalue weighted by Crippen LogP contribution is -2.32. The Labute approximate surface area is 229 Å². The maximum atomic E-state index is 12.3. The Morgan fingerprint density at radius 1 is 1.15 bits per heavy atom. The number of nitrogens with one attached hydrogen (secondary N) is 1. The number of hydrogen-bond acceptors (Lipinski definition) is 10. The minimum absolute atomic E-state index is 0.0451. The van der Waals surface area contributed by atoms with Gasteiger partial charge in [0.15, 0.2) is 0 Å². The van der Waals surface area contributed by atoms with Crippen molar-refractivity contribution in [3.05, 3.63) is 47.4 Å². The zero-order valence-corrected chi connectivity index (χ0v) is 24.3. The molecule has 39 heavy (non-hydrogen) atoms. The molecular formula is C28H37N5O5S. The molecule has 0 saturated heterocycles. The number of rotatable bonds is 9. The van der Waals surface area contributed by atoms with E-state index in [0.717, 1.165) is 10.9 Å². The number of anilines is 2. The first-order valence-corrected chi connectivity index (χ1v) is 15.1. The highest BCUT2D eigenvalue weighted by Gasteiger charge is 2.31. The third-order valence-corrected chi connectivity index (χ3v) is 9.28. The first-order valence-electron chi connectivity index (χ1n) is 13.1. The van der Waals surface area contributed by atoms with Gasteiger partial charge < -0.3 is 20.5 Å². The van der Waals surface area contributed by atoms with E-state index in [0.29, 0.717) is 47.0 Å². The van der Waals surface area contributed by atoms with Crippen LogP contribution in [-0.4, -0.2) is 53.1 Å². The molecule has 11 heteroatoms. The Morgan fingerprint density at radius 2 is 1.87 bits per heavy atom. The standard InChI is InChI=1S/C28H37N5O5S/c1-8-28(6,29)22-14-31-26(37-15(2)11-16(3)39(7,35)36)21-13-30-24(12-20(21)22)32-23-10-9-19-25(33-23)17(4)18(5)38-27(19)34/h9-10,12-18H,8,11,29H2,1-7H3,(H,30,32,33)/t15-,16-,17-,18+,28-/m1/s1. The lowest BCUT2D eigenvalue weighted by atomic mass is 9.88. The molecule has 0 fully saturated rings. The molecule has 4 rings (SSSR count). The van der Waals surface area contributed by atoms with Gasteiger partial charge in [0, 0.05) is 36.5 Å². The summed E-state index contributed by atoms with van der Waals surface area (Å²) in [5.41, 5.74) is 7.97. The number of sulfone groups is 1. The molecule has 210 valence electrons. The molecule has 0 saturated carbocycles. The van der Waals surface area contributed by atoms with Gasteiger partial charge in [-0.05, 0) is 63.3 Å². The highest BCUT2D eigenvalue weighted by Crippen LogP contribution is 2.35. The van der Waals surface area contributed by atoms with Crippen LogP contribution in [0.15, 0.2) is 30.6 Å². The number of nitrogens with zero attached hydrogens (tertiary/aromatic N) is 3. The third kappa shape index (κ3) is 5.99. The van der Waals surface area contributed by atoms with Crippen molar-refractivity contribution < 1.29 is 22.7 Å². The van der Waals surface area contributed by atoms with Crippen molar-refractivity contribution in [2.75, 3.05) is 11.6 Å². The molecule has 10 nitrogen and oxygen atoms in total. The van der Waals surface area contributed by atoms with Gasteiger partial charge in [-0.2, -0.15) is 0 Å². The molecule has 5 atom stereocenters. The molecular weight excluding hydrogens is 518 g/mol. The predicted octanol–water partition coefficient (Wildman–Crippen LogP) is 4.61. The number of carbonyl (C=O) groups excluding carboxylic acids is 1. The molecule has 0 bridgehead atoms. The fraction of sp³-hybridized carbons (Fsp3) is 0.500. The maximum Gasteiger partial charge on any atom is 0.340 e. The van der Waals surface area contributed by atoms with E-state index in [4.69, 9.17) is 20.2 Å². The number of esters is 1. The molecule has 0 aromatic carbocycles. The number of pyridine rings is 3. The quantitative estimate of drug-likeness (QED) is 0.359. The normalized spacial score (nSPS) is 20.5. The zero-order chi connectivity index (χ0) is 28.7. The topological polar surface area (TPSA) is 146 Å². The van der Waals surface area contributed by atoms with Crippen LogP contribution in [0.5, 0.6) is 5.88 Å². The highest BCUT2D eigenvalue weighted by molar-refractivity contribution is 7.91. The van der Waals surface area contributed by atoms with Gasteiger partial charge in [0.05, 0.1) is 28.0 Å². The van der Waals surface area contributed by atoms with Crippen molar-refractivity contribution in [1.29, 1.82) is 0 Å². The van der Waals surface area contributed by atoms with E-state index in [2.05, 4.69) is 15.3 Å². The number of cyclic esters (lactones) is 1. The van der Waals surface area contributed by atoms with Crippen LogP contribution in [0.2, 0.25) is 0 Å².